The molecule has 4 rings (SSSR count). The topological polar surface area (TPSA) is 48.1 Å². The van der Waals surface area contributed by atoms with Gasteiger partial charge in [-0.25, -0.2) is 4.31 Å². The van der Waals surface area contributed by atoms with Crippen LogP contribution in [-0.4, -0.2) is 65.4 Å². The van der Waals surface area contributed by atoms with Crippen LogP contribution in [0.25, 0.3) is 0 Å². The van der Waals surface area contributed by atoms with Gasteiger partial charge < -0.3 is 19.9 Å². The van der Waals surface area contributed by atoms with E-state index in [1.54, 1.807) is 16.8 Å². The van der Waals surface area contributed by atoms with E-state index in [0.717, 1.165) is 38.4 Å². The van der Waals surface area contributed by atoms with Crippen molar-refractivity contribution in [2.45, 2.75) is 36.9 Å². The lowest BCUT2D eigenvalue weighted by Gasteiger charge is -2.31. The Morgan fingerprint density at radius 1 is 1.03 bits per heavy atom. The summed E-state index contributed by atoms with van der Waals surface area (Å²) in [6, 6.07) is 18.7. The number of hydrogen-bond acceptors (Lipinski definition) is 6. The van der Waals surface area contributed by atoms with Crippen molar-refractivity contribution < 1.29 is 9.53 Å². The van der Waals surface area contributed by atoms with Gasteiger partial charge >= 0.3 is 0 Å². The van der Waals surface area contributed by atoms with Gasteiger partial charge in [0.15, 0.2) is 0 Å². The van der Waals surface area contributed by atoms with E-state index in [4.69, 9.17) is 4.74 Å². The third kappa shape index (κ3) is 6.88. The highest BCUT2D eigenvalue weighted by Gasteiger charge is 2.22. The van der Waals surface area contributed by atoms with E-state index in [1.807, 2.05) is 38.4 Å². The number of anilines is 1. The standard InChI is InChI=1S/C27H34N4O2S/c1-22-27(32)29(2)15-6-9-24(14-16-30(22)21-23-7-4-3-5-8-23)28-25-10-12-26(13-11-25)34-31-17-19-33-20-18-31/h3-8,10-16,22,24,28H,9,17-21H2,1-2H3/b15-6+,16-14+. The molecule has 0 spiro atoms. The zero-order valence-corrected chi connectivity index (χ0v) is 20.8. The number of carbonyl (C=O) groups is 1. The molecule has 0 radical (unpaired) electrons. The molecule has 2 aromatic rings. The van der Waals surface area contributed by atoms with Crippen LogP contribution in [0.5, 0.6) is 0 Å². The number of hydrogen-bond donors (Lipinski definition) is 1. The van der Waals surface area contributed by atoms with Crippen molar-refractivity contribution >= 4 is 23.5 Å². The van der Waals surface area contributed by atoms with Crippen LogP contribution in [-0.2, 0) is 16.1 Å². The van der Waals surface area contributed by atoms with Crippen molar-refractivity contribution in [1.29, 1.82) is 0 Å². The van der Waals surface area contributed by atoms with Gasteiger partial charge in [0, 0.05) is 49.5 Å². The number of nitrogens with one attached hydrogen (secondary N) is 1. The molecule has 2 aliphatic heterocycles. The first-order valence-corrected chi connectivity index (χ1v) is 12.6. The minimum Gasteiger partial charge on any atom is -0.379 e. The highest BCUT2D eigenvalue weighted by molar-refractivity contribution is 7.97. The summed E-state index contributed by atoms with van der Waals surface area (Å²) in [7, 11) is 1.83. The third-order valence-corrected chi connectivity index (χ3v) is 7.16. The molecule has 6 nitrogen and oxygen atoms in total. The van der Waals surface area contributed by atoms with Crippen molar-refractivity contribution in [2.75, 3.05) is 38.7 Å². The molecule has 0 aliphatic carbocycles. The summed E-state index contributed by atoms with van der Waals surface area (Å²) in [6.45, 7) is 6.16. The number of amides is 1. The molecule has 1 fully saturated rings. The maximum atomic E-state index is 12.9. The molecule has 1 saturated heterocycles. The van der Waals surface area contributed by atoms with Crippen molar-refractivity contribution in [2.24, 2.45) is 0 Å². The Labute approximate surface area is 207 Å². The van der Waals surface area contributed by atoms with Gasteiger partial charge in [0.1, 0.15) is 6.04 Å². The number of nitrogens with zero attached hydrogens (tertiary/aromatic N) is 3. The Hall–Kier alpha value is -2.74. The number of likely N-dealkylation sites (N-methyl/N-ethyl adjacent to an activating group) is 1. The molecule has 1 amide bonds. The Morgan fingerprint density at radius 2 is 1.76 bits per heavy atom. The number of carbonyl (C=O) groups excluding carboxylic acids is 1. The van der Waals surface area contributed by atoms with Gasteiger partial charge in [0.2, 0.25) is 5.91 Å². The van der Waals surface area contributed by atoms with Gasteiger partial charge in [-0.05, 0) is 67.4 Å². The molecule has 7 heteroatoms. The SMILES string of the molecule is CC1C(=O)N(C)/C=C/CC(Nc2ccc(SN3CCOCC3)cc2)/C=C/N1Cc1ccccc1. The van der Waals surface area contributed by atoms with Crippen molar-refractivity contribution in [3.63, 3.8) is 0 Å². The summed E-state index contributed by atoms with van der Waals surface area (Å²) in [4.78, 5) is 17.9. The predicted molar refractivity (Wildman–Crippen MR) is 139 cm³/mol. The molecular weight excluding hydrogens is 444 g/mol. The van der Waals surface area contributed by atoms with Gasteiger partial charge in [-0.15, -0.1) is 0 Å². The molecule has 0 bridgehead atoms. The van der Waals surface area contributed by atoms with Crippen LogP contribution >= 0.6 is 11.9 Å². The van der Waals surface area contributed by atoms with Crippen LogP contribution in [0, 0.1) is 0 Å². The van der Waals surface area contributed by atoms with Crippen LogP contribution < -0.4 is 5.32 Å². The minimum absolute atomic E-state index is 0.0802. The molecule has 2 aliphatic rings. The minimum atomic E-state index is -0.263. The molecular formula is C27H34N4O2S. The second kappa shape index (κ2) is 12.1. The van der Waals surface area contributed by atoms with Crippen LogP contribution in [0.4, 0.5) is 5.69 Å². The van der Waals surface area contributed by atoms with E-state index in [0.29, 0.717) is 6.54 Å². The summed E-state index contributed by atoms with van der Waals surface area (Å²) in [5.41, 5.74) is 2.26. The predicted octanol–water partition coefficient (Wildman–Crippen LogP) is 4.59. The van der Waals surface area contributed by atoms with Gasteiger partial charge in [-0.3, -0.25) is 4.79 Å². The fourth-order valence-corrected chi connectivity index (χ4v) is 4.89. The fourth-order valence-electron chi connectivity index (χ4n) is 4.00. The Kier molecular flexibility index (Phi) is 8.68. The number of ether oxygens (including phenoxy) is 1. The van der Waals surface area contributed by atoms with Gasteiger partial charge in [0.25, 0.3) is 0 Å². The zero-order chi connectivity index (χ0) is 23.8. The lowest BCUT2D eigenvalue weighted by molar-refractivity contribution is -0.131. The molecule has 1 N–H and O–H groups in total. The number of rotatable bonds is 6. The average molecular weight is 479 g/mol. The quantitative estimate of drug-likeness (QED) is 0.613. The molecule has 2 heterocycles. The number of benzene rings is 2. The first-order valence-electron chi connectivity index (χ1n) is 11.9. The lowest BCUT2D eigenvalue weighted by atomic mass is 10.1. The van der Waals surface area contributed by atoms with Crippen molar-refractivity contribution in [3.05, 3.63) is 84.7 Å². The highest BCUT2D eigenvalue weighted by atomic mass is 32.2. The lowest BCUT2D eigenvalue weighted by Crippen LogP contribution is -2.42. The maximum absolute atomic E-state index is 12.9. The molecule has 0 aromatic heterocycles. The zero-order valence-electron chi connectivity index (χ0n) is 20.0. The smallest absolute Gasteiger partial charge is 0.248 e. The van der Waals surface area contributed by atoms with Crippen LogP contribution in [0.3, 0.4) is 0 Å². The van der Waals surface area contributed by atoms with E-state index < -0.39 is 0 Å². The Balaban J connectivity index is 1.45. The van der Waals surface area contributed by atoms with Crippen molar-refractivity contribution in [3.8, 4) is 0 Å². The number of morpholine rings is 1. The Bertz CT molecular complexity index is 974. The summed E-state index contributed by atoms with van der Waals surface area (Å²) in [5, 5.41) is 3.64. The van der Waals surface area contributed by atoms with Gasteiger partial charge in [-0.1, -0.05) is 36.4 Å². The van der Waals surface area contributed by atoms with E-state index >= 15 is 0 Å². The first-order chi connectivity index (χ1) is 16.6. The van der Waals surface area contributed by atoms with Crippen LogP contribution in [0.1, 0.15) is 18.9 Å². The van der Waals surface area contributed by atoms with Crippen LogP contribution in [0.15, 0.2) is 84.0 Å². The van der Waals surface area contributed by atoms with E-state index in [-0.39, 0.29) is 18.0 Å². The van der Waals surface area contributed by atoms with E-state index in [9.17, 15) is 4.79 Å². The Morgan fingerprint density at radius 3 is 2.50 bits per heavy atom. The normalized spacial score (nSPS) is 24.0. The van der Waals surface area contributed by atoms with Crippen LogP contribution in [0.2, 0.25) is 0 Å². The molecule has 2 aromatic carbocycles. The second-order valence-corrected chi connectivity index (χ2v) is 9.82. The fraction of sp³-hybridized carbons (Fsp3) is 0.370. The van der Waals surface area contributed by atoms with E-state index in [2.05, 4.69) is 69.3 Å². The third-order valence-electron chi connectivity index (χ3n) is 6.05. The summed E-state index contributed by atoms with van der Waals surface area (Å²) >= 11 is 1.79. The molecule has 2 atom stereocenters. The van der Waals surface area contributed by atoms with Gasteiger partial charge in [-0.2, -0.15) is 0 Å². The molecule has 180 valence electrons. The average Bonchev–Trinajstić information content (AvgIpc) is 2.87. The monoisotopic (exact) mass is 478 g/mol. The summed E-state index contributed by atoms with van der Waals surface area (Å²) in [6.07, 6.45) is 8.96. The molecule has 2 unspecified atom stereocenters. The highest BCUT2D eigenvalue weighted by Crippen LogP contribution is 2.25. The van der Waals surface area contributed by atoms with Crippen molar-refractivity contribution in [1.82, 2.24) is 14.1 Å². The summed E-state index contributed by atoms with van der Waals surface area (Å²) < 4.78 is 7.78. The first kappa shape index (κ1) is 24.4. The molecule has 34 heavy (non-hydrogen) atoms. The second-order valence-electron chi connectivity index (χ2n) is 8.65. The van der Waals surface area contributed by atoms with E-state index in [1.165, 1.54) is 10.5 Å². The summed E-state index contributed by atoms with van der Waals surface area (Å²) in [5.74, 6) is 0.0802. The maximum Gasteiger partial charge on any atom is 0.248 e. The molecule has 0 saturated carbocycles. The van der Waals surface area contributed by atoms with Gasteiger partial charge in [0.05, 0.1) is 13.2 Å². The largest absolute Gasteiger partial charge is 0.379 e.